The molecule has 8 heteroatoms. The van der Waals surface area contributed by atoms with E-state index in [1.54, 1.807) is 18.5 Å². The van der Waals surface area contributed by atoms with Gasteiger partial charge in [-0.2, -0.15) is 17.4 Å². The Hall–Kier alpha value is -1.25. The zero-order valence-electron chi connectivity index (χ0n) is 11.2. The standard InChI is InChI=1S/C11H19N5O2S/c1-15(2)19(17,18)14-10-4-8-16(9-5-10)11-12-6-3-7-13-11/h3,6-7,10,14H,4-5,8-9H2,1-2H3. The van der Waals surface area contributed by atoms with Gasteiger partial charge in [0.1, 0.15) is 0 Å². The van der Waals surface area contributed by atoms with Crippen LogP contribution >= 0.6 is 0 Å². The Kier molecular flexibility index (Phi) is 4.33. The van der Waals surface area contributed by atoms with Crippen LogP contribution in [-0.2, 0) is 10.2 Å². The van der Waals surface area contributed by atoms with Crippen LogP contribution in [0.4, 0.5) is 5.95 Å². The van der Waals surface area contributed by atoms with Crippen molar-refractivity contribution in [2.45, 2.75) is 18.9 Å². The fourth-order valence-electron chi connectivity index (χ4n) is 1.97. The molecule has 0 amide bonds. The van der Waals surface area contributed by atoms with Crippen LogP contribution in [0.3, 0.4) is 0 Å². The molecular weight excluding hydrogens is 266 g/mol. The summed E-state index contributed by atoms with van der Waals surface area (Å²) in [6.07, 6.45) is 4.93. The van der Waals surface area contributed by atoms with Crippen LogP contribution in [0.25, 0.3) is 0 Å². The van der Waals surface area contributed by atoms with E-state index in [9.17, 15) is 8.42 Å². The van der Waals surface area contributed by atoms with Crippen molar-refractivity contribution in [3.63, 3.8) is 0 Å². The molecule has 0 radical (unpaired) electrons. The van der Waals surface area contributed by atoms with Crippen molar-refractivity contribution in [3.8, 4) is 0 Å². The summed E-state index contributed by atoms with van der Waals surface area (Å²) in [5.41, 5.74) is 0. The largest absolute Gasteiger partial charge is 0.341 e. The van der Waals surface area contributed by atoms with Gasteiger partial charge in [-0.1, -0.05) is 0 Å². The molecule has 2 rings (SSSR count). The second kappa shape index (κ2) is 5.81. The summed E-state index contributed by atoms with van der Waals surface area (Å²) in [5.74, 6) is 0.705. The highest BCUT2D eigenvalue weighted by Crippen LogP contribution is 2.16. The maximum Gasteiger partial charge on any atom is 0.279 e. The summed E-state index contributed by atoms with van der Waals surface area (Å²) in [7, 11) is -0.300. The van der Waals surface area contributed by atoms with Crippen LogP contribution < -0.4 is 9.62 Å². The average molecular weight is 285 g/mol. The molecule has 0 spiro atoms. The zero-order valence-corrected chi connectivity index (χ0v) is 12.0. The molecule has 0 bridgehead atoms. The number of piperidine rings is 1. The van der Waals surface area contributed by atoms with E-state index in [4.69, 9.17) is 0 Å². The minimum absolute atomic E-state index is 0.0210. The lowest BCUT2D eigenvalue weighted by molar-refractivity contribution is 0.435. The normalized spacial score (nSPS) is 17.9. The van der Waals surface area contributed by atoms with Crippen LogP contribution in [0.5, 0.6) is 0 Å². The SMILES string of the molecule is CN(C)S(=O)(=O)NC1CCN(c2ncccn2)CC1. The number of hydrogen-bond acceptors (Lipinski definition) is 5. The summed E-state index contributed by atoms with van der Waals surface area (Å²) >= 11 is 0. The van der Waals surface area contributed by atoms with Gasteiger partial charge in [0.05, 0.1) is 0 Å². The molecule has 1 fully saturated rings. The number of aromatic nitrogens is 2. The van der Waals surface area contributed by atoms with Gasteiger partial charge >= 0.3 is 0 Å². The van der Waals surface area contributed by atoms with Crippen molar-refractivity contribution < 1.29 is 8.42 Å². The lowest BCUT2D eigenvalue weighted by Crippen LogP contribution is -2.48. The van der Waals surface area contributed by atoms with Gasteiger partial charge in [0.2, 0.25) is 5.95 Å². The van der Waals surface area contributed by atoms with Crippen LogP contribution in [0, 0.1) is 0 Å². The van der Waals surface area contributed by atoms with E-state index in [0.717, 1.165) is 25.9 Å². The molecule has 0 aliphatic carbocycles. The van der Waals surface area contributed by atoms with Crippen LogP contribution in [0.1, 0.15) is 12.8 Å². The molecule has 106 valence electrons. The molecule has 1 aromatic heterocycles. The topological polar surface area (TPSA) is 78.4 Å². The number of rotatable bonds is 4. The molecule has 7 nitrogen and oxygen atoms in total. The van der Waals surface area contributed by atoms with E-state index >= 15 is 0 Å². The Balaban J connectivity index is 1.90. The molecule has 0 aromatic carbocycles. The molecule has 2 heterocycles. The molecule has 1 N–H and O–H groups in total. The van der Waals surface area contributed by atoms with E-state index in [1.807, 2.05) is 0 Å². The highest BCUT2D eigenvalue weighted by Gasteiger charge is 2.25. The van der Waals surface area contributed by atoms with Crippen molar-refractivity contribution in [3.05, 3.63) is 18.5 Å². The fraction of sp³-hybridized carbons (Fsp3) is 0.636. The number of nitrogens with one attached hydrogen (secondary N) is 1. The van der Waals surface area contributed by atoms with E-state index in [-0.39, 0.29) is 6.04 Å². The molecule has 1 aromatic rings. The lowest BCUT2D eigenvalue weighted by Gasteiger charge is -2.32. The summed E-state index contributed by atoms with van der Waals surface area (Å²) in [5, 5.41) is 0. The first-order chi connectivity index (χ1) is 8.99. The maximum absolute atomic E-state index is 11.7. The molecular formula is C11H19N5O2S. The van der Waals surface area contributed by atoms with Gasteiger partial charge < -0.3 is 4.90 Å². The third-order valence-electron chi connectivity index (χ3n) is 3.13. The first-order valence-corrected chi connectivity index (χ1v) is 7.65. The fourth-order valence-corrected chi connectivity index (χ4v) is 2.84. The van der Waals surface area contributed by atoms with E-state index in [1.165, 1.54) is 18.4 Å². The number of nitrogens with zero attached hydrogens (tertiary/aromatic N) is 4. The van der Waals surface area contributed by atoms with Crippen molar-refractivity contribution in [2.75, 3.05) is 32.1 Å². The van der Waals surface area contributed by atoms with Crippen molar-refractivity contribution >= 4 is 16.2 Å². The predicted octanol–water partition coefficient (Wildman–Crippen LogP) is -0.159. The maximum atomic E-state index is 11.7. The molecule has 19 heavy (non-hydrogen) atoms. The smallest absolute Gasteiger partial charge is 0.279 e. The summed E-state index contributed by atoms with van der Waals surface area (Å²) < 4.78 is 27.3. The minimum atomic E-state index is -3.35. The number of anilines is 1. The molecule has 0 unspecified atom stereocenters. The van der Waals surface area contributed by atoms with Crippen molar-refractivity contribution in [2.24, 2.45) is 0 Å². The first kappa shape index (κ1) is 14.2. The van der Waals surface area contributed by atoms with Crippen molar-refractivity contribution in [1.29, 1.82) is 0 Å². The Labute approximate surface area is 113 Å². The Morgan fingerprint density at radius 2 is 1.84 bits per heavy atom. The lowest BCUT2D eigenvalue weighted by atomic mass is 10.1. The van der Waals surface area contributed by atoms with E-state index in [2.05, 4.69) is 19.6 Å². The second-order valence-corrected chi connectivity index (χ2v) is 6.63. The Morgan fingerprint density at radius 1 is 1.26 bits per heavy atom. The Bertz CT molecular complexity index is 497. The zero-order chi connectivity index (χ0) is 13.9. The van der Waals surface area contributed by atoms with Crippen LogP contribution in [0.15, 0.2) is 18.5 Å². The van der Waals surface area contributed by atoms with Crippen LogP contribution in [-0.4, -0.2) is 55.9 Å². The molecule has 1 aliphatic heterocycles. The van der Waals surface area contributed by atoms with Gasteiger partial charge in [0, 0.05) is 45.6 Å². The first-order valence-electron chi connectivity index (χ1n) is 6.21. The van der Waals surface area contributed by atoms with Gasteiger partial charge in [0.15, 0.2) is 0 Å². The molecule has 0 atom stereocenters. The van der Waals surface area contributed by atoms with Gasteiger partial charge in [-0.3, -0.25) is 0 Å². The Morgan fingerprint density at radius 3 is 2.37 bits per heavy atom. The van der Waals surface area contributed by atoms with E-state index < -0.39 is 10.2 Å². The number of hydrogen-bond donors (Lipinski definition) is 1. The highest BCUT2D eigenvalue weighted by molar-refractivity contribution is 7.87. The van der Waals surface area contributed by atoms with Gasteiger partial charge in [0.25, 0.3) is 10.2 Å². The van der Waals surface area contributed by atoms with Crippen molar-refractivity contribution in [1.82, 2.24) is 19.0 Å². The second-order valence-electron chi connectivity index (χ2n) is 4.72. The summed E-state index contributed by atoms with van der Waals surface area (Å²) in [6.45, 7) is 1.51. The third kappa shape index (κ3) is 3.62. The van der Waals surface area contributed by atoms with Crippen LogP contribution in [0.2, 0.25) is 0 Å². The monoisotopic (exact) mass is 285 g/mol. The average Bonchev–Trinajstić information content (AvgIpc) is 2.40. The molecule has 1 saturated heterocycles. The summed E-state index contributed by atoms with van der Waals surface area (Å²) in [6, 6.07) is 1.76. The quantitative estimate of drug-likeness (QED) is 0.832. The van der Waals surface area contributed by atoms with Gasteiger partial charge in [-0.15, -0.1) is 0 Å². The van der Waals surface area contributed by atoms with Gasteiger partial charge in [-0.25, -0.2) is 9.97 Å². The van der Waals surface area contributed by atoms with Gasteiger partial charge in [-0.05, 0) is 18.9 Å². The molecule has 0 saturated carbocycles. The summed E-state index contributed by atoms with van der Waals surface area (Å²) in [4.78, 5) is 10.5. The highest BCUT2D eigenvalue weighted by atomic mass is 32.2. The predicted molar refractivity (Wildman–Crippen MR) is 73.0 cm³/mol. The molecule has 1 aliphatic rings. The minimum Gasteiger partial charge on any atom is -0.341 e. The third-order valence-corrected chi connectivity index (χ3v) is 4.72. The van der Waals surface area contributed by atoms with E-state index in [0.29, 0.717) is 5.95 Å².